The van der Waals surface area contributed by atoms with Gasteiger partial charge in [-0.15, -0.1) is 22.7 Å². The summed E-state index contributed by atoms with van der Waals surface area (Å²) in [5.74, 6) is 0. The molecule has 0 fully saturated rings. The Kier molecular flexibility index (Phi) is 7.61. The SMILES string of the molecule is c1ccc2cc(-c3ccc(N(c4ccc(-c5ccc6sc7ccccc7c6c5)cc4)c4ccc(-c5cccc6c5sc5ccccc56)cc4)cc3)ccc2c1. The summed E-state index contributed by atoms with van der Waals surface area (Å²) >= 11 is 3.74. The Bertz CT molecular complexity index is 3190. The van der Waals surface area contributed by atoms with Gasteiger partial charge in [0.15, 0.2) is 0 Å². The van der Waals surface area contributed by atoms with Crippen molar-refractivity contribution in [3.8, 4) is 33.4 Å². The van der Waals surface area contributed by atoms with Crippen molar-refractivity contribution in [2.75, 3.05) is 4.90 Å². The summed E-state index contributed by atoms with van der Waals surface area (Å²) in [6.07, 6.45) is 0. The van der Waals surface area contributed by atoms with Crippen LogP contribution in [-0.4, -0.2) is 0 Å². The number of benzene rings is 9. The van der Waals surface area contributed by atoms with Gasteiger partial charge in [0.1, 0.15) is 0 Å². The molecule has 0 aliphatic heterocycles. The lowest BCUT2D eigenvalue weighted by Gasteiger charge is -2.26. The molecule has 0 unspecified atom stereocenters. The van der Waals surface area contributed by atoms with E-state index in [2.05, 4.69) is 205 Å². The largest absolute Gasteiger partial charge is 0.311 e. The van der Waals surface area contributed by atoms with Crippen LogP contribution >= 0.6 is 22.7 Å². The molecular formula is C52H33NS2. The fourth-order valence-corrected chi connectivity index (χ4v) is 10.4. The molecule has 0 spiro atoms. The molecular weight excluding hydrogens is 703 g/mol. The Morgan fingerprint density at radius 2 is 0.782 bits per heavy atom. The summed E-state index contributed by atoms with van der Waals surface area (Å²) in [5, 5.41) is 7.80. The van der Waals surface area contributed by atoms with Crippen LogP contribution in [0.25, 0.3) is 84.5 Å². The first-order valence-electron chi connectivity index (χ1n) is 18.7. The number of thiophene rings is 2. The predicted octanol–water partition coefficient (Wildman–Crippen LogP) is 16.0. The van der Waals surface area contributed by atoms with Crippen molar-refractivity contribution < 1.29 is 0 Å². The zero-order valence-electron chi connectivity index (χ0n) is 29.8. The third kappa shape index (κ3) is 5.60. The molecule has 1 nitrogen and oxygen atoms in total. The van der Waals surface area contributed by atoms with E-state index in [1.54, 1.807) is 0 Å². The second-order valence-corrected chi connectivity index (χ2v) is 16.3. The van der Waals surface area contributed by atoms with Gasteiger partial charge < -0.3 is 4.90 Å². The number of rotatable bonds is 6. The maximum absolute atomic E-state index is 2.37. The maximum Gasteiger partial charge on any atom is 0.0462 e. The van der Waals surface area contributed by atoms with Crippen molar-refractivity contribution >= 4 is 90.9 Å². The minimum Gasteiger partial charge on any atom is -0.311 e. The normalized spacial score (nSPS) is 11.6. The van der Waals surface area contributed by atoms with Crippen LogP contribution in [0, 0.1) is 0 Å². The van der Waals surface area contributed by atoms with Crippen LogP contribution < -0.4 is 4.90 Å². The number of hydrogen-bond donors (Lipinski definition) is 0. The third-order valence-corrected chi connectivity index (χ3v) is 13.3. The molecule has 11 aromatic rings. The van der Waals surface area contributed by atoms with Gasteiger partial charge in [0.25, 0.3) is 0 Å². The van der Waals surface area contributed by atoms with Crippen LogP contribution in [0.1, 0.15) is 0 Å². The maximum atomic E-state index is 2.37. The van der Waals surface area contributed by atoms with Crippen LogP contribution in [0.4, 0.5) is 17.1 Å². The fraction of sp³-hybridized carbons (Fsp3) is 0. The molecule has 0 aliphatic rings. The quantitative estimate of drug-likeness (QED) is 0.164. The second-order valence-electron chi connectivity index (χ2n) is 14.1. The third-order valence-electron chi connectivity index (χ3n) is 10.9. The van der Waals surface area contributed by atoms with Gasteiger partial charge in [-0.3, -0.25) is 0 Å². The highest BCUT2D eigenvalue weighted by Crippen LogP contribution is 2.42. The molecule has 258 valence electrons. The lowest BCUT2D eigenvalue weighted by atomic mass is 10.00. The first-order chi connectivity index (χ1) is 27.2. The summed E-state index contributed by atoms with van der Waals surface area (Å²) in [7, 11) is 0. The molecule has 0 aliphatic carbocycles. The average molecular weight is 736 g/mol. The number of fused-ring (bicyclic) bond motifs is 7. The lowest BCUT2D eigenvalue weighted by Crippen LogP contribution is -2.09. The lowest BCUT2D eigenvalue weighted by molar-refractivity contribution is 1.28. The van der Waals surface area contributed by atoms with Crippen LogP contribution in [0.15, 0.2) is 200 Å². The second kappa shape index (κ2) is 13.1. The van der Waals surface area contributed by atoms with E-state index in [0.29, 0.717) is 0 Å². The molecule has 9 aromatic carbocycles. The van der Waals surface area contributed by atoms with Crippen molar-refractivity contribution in [3.05, 3.63) is 200 Å². The van der Waals surface area contributed by atoms with Crippen LogP contribution in [0.3, 0.4) is 0 Å². The van der Waals surface area contributed by atoms with Gasteiger partial charge in [-0.2, -0.15) is 0 Å². The molecule has 0 atom stereocenters. The summed E-state index contributed by atoms with van der Waals surface area (Å²) in [5.41, 5.74) is 10.7. The van der Waals surface area contributed by atoms with Crippen LogP contribution in [0.2, 0.25) is 0 Å². The van der Waals surface area contributed by atoms with E-state index >= 15 is 0 Å². The van der Waals surface area contributed by atoms with E-state index in [1.165, 1.54) is 84.5 Å². The van der Waals surface area contributed by atoms with Crippen molar-refractivity contribution in [1.82, 2.24) is 0 Å². The van der Waals surface area contributed by atoms with E-state index in [1.807, 2.05) is 22.7 Å². The highest BCUT2D eigenvalue weighted by molar-refractivity contribution is 7.26. The molecule has 0 saturated carbocycles. The minimum atomic E-state index is 1.11. The van der Waals surface area contributed by atoms with Crippen molar-refractivity contribution in [1.29, 1.82) is 0 Å². The Hall–Kier alpha value is -6.52. The Morgan fingerprint density at radius 3 is 1.47 bits per heavy atom. The summed E-state index contributed by atoms with van der Waals surface area (Å²) < 4.78 is 5.32. The van der Waals surface area contributed by atoms with E-state index in [-0.39, 0.29) is 0 Å². The van der Waals surface area contributed by atoms with Crippen LogP contribution in [0.5, 0.6) is 0 Å². The monoisotopic (exact) mass is 735 g/mol. The van der Waals surface area contributed by atoms with Gasteiger partial charge in [-0.05, 0) is 111 Å². The van der Waals surface area contributed by atoms with Gasteiger partial charge in [0.2, 0.25) is 0 Å². The number of hydrogen-bond acceptors (Lipinski definition) is 3. The van der Waals surface area contributed by atoms with Crippen molar-refractivity contribution in [3.63, 3.8) is 0 Å². The highest BCUT2D eigenvalue weighted by Gasteiger charge is 2.16. The standard InChI is InChI=1S/C52H33NS2/c1-2-9-38-32-39(17-16-34(38)8-1)35-18-25-41(26-19-35)53(42-27-20-36(21-28-42)40-24-31-51-48(33-40)46-11-4-5-14-49(46)54-51)43-29-22-37(23-30-43)44-12-7-13-47-45-10-3-6-15-50(45)55-52(44)47/h1-33H. The average Bonchev–Trinajstić information content (AvgIpc) is 3.83. The molecule has 0 bridgehead atoms. The molecule has 2 aromatic heterocycles. The van der Waals surface area contributed by atoms with E-state index in [9.17, 15) is 0 Å². The molecule has 0 N–H and O–H groups in total. The number of anilines is 3. The van der Waals surface area contributed by atoms with Crippen molar-refractivity contribution in [2.45, 2.75) is 0 Å². The van der Waals surface area contributed by atoms with Gasteiger partial charge in [0.05, 0.1) is 0 Å². The first kappa shape index (κ1) is 32.0. The number of nitrogens with zero attached hydrogens (tertiary/aromatic N) is 1. The van der Waals surface area contributed by atoms with Gasteiger partial charge in [0, 0.05) is 57.4 Å². The summed E-state index contributed by atoms with van der Waals surface area (Å²) in [4.78, 5) is 2.37. The Labute approximate surface area is 327 Å². The van der Waals surface area contributed by atoms with Gasteiger partial charge in [-0.25, -0.2) is 0 Å². The first-order valence-corrected chi connectivity index (χ1v) is 20.3. The highest BCUT2D eigenvalue weighted by atomic mass is 32.1. The Balaban J connectivity index is 0.983. The molecule has 0 radical (unpaired) electrons. The van der Waals surface area contributed by atoms with E-state index < -0.39 is 0 Å². The molecule has 3 heteroatoms. The topological polar surface area (TPSA) is 3.24 Å². The summed E-state index contributed by atoms with van der Waals surface area (Å²) in [6.45, 7) is 0. The molecule has 0 amide bonds. The van der Waals surface area contributed by atoms with E-state index in [4.69, 9.17) is 0 Å². The minimum absolute atomic E-state index is 1.11. The van der Waals surface area contributed by atoms with Gasteiger partial charge >= 0.3 is 0 Å². The Morgan fingerprint density at radius 1 is 0.291 bits per heavy atom. The molecule has 0 saturated heterocycles. The van der Waals surface area contributed by atoms with Gasteiger partial charge in [-0.1, -0.05) is 133 Å². The van der Waals surface area contributed by atoms with E-state index in [0.717, 1.165) is 17.1 Å². The smallest absolute Gasteiger partial charge is 0.0462 e. The fourth-order valence-electron chi connectivity index (χ4n) is 8.09. The van der Waals surface area contributed by atoms with Crippen LogP contribution in [-0.2, 0) is 0 Å². The molecule has 2 heterocycles. The summed E-state index contributed by atoms with van der Waals surface area (Å²) in [6, 6.07) is 73.4. The predicted molar refractivity (Wildman–Crippen MR) is 241 cm³/mol. The van der Waals surface area contributed by atoms with Crippen molar-refractivity contribution in [2.24, 2.45) is 0 Å². The molecule has 55 heavy (non-hydrogen) atoms. The molecule has 11 rings (SSSR count). The zero-order chi connectivity index (χ0) is 36.3. The zero-order valence-corrected chi connectivity index (χ0v) is 31.4.